The number of hydrogen-bond acceptors (Lipinski definition) is 4. The van der Waals surface area contributed by atoms with Gasteiger partial charge in [-0.1, -0.05) is 24.8 Å². The molecule has 0 amide bonds. The van der Waals surface area contributed by atoms with Crippen LogP contribution in [0.15, 0.2) is 48.2 Å². The van der Waals surface area contributed by atoms with Crippen LogP contribution < -0.4 is 10.1 Å². The van der Waals surface area contributed by atoms with Gasteiger partial charge in [0.05, 0.1) is 18.7 Å². The molecule has 132 valence electrons. The van der Waals surface area contributed by atoms with Crippen LogP contribution in [-0.4, -0.2) is 35.7 Å². The van der Waals surface area contributed by atoms with E-state index in [1.165, 1.54) is 7.11 Å². The van der Waals surface area contributed by atoms with Crippen LogP contribution in [0.25, 0.3) is 0 Å². The molecule has 3 rings (SSSR count). The monoisotopic (exact) mass is 358 g/mol. The summed E-state index contributed by atoms with van der Waals surface area (Å²) in [6.45, 7) is 6.01. The molecule has 0 saturated heterocycles. The third-order valence-electron chi connectivity index (χ3n) is 4.40. The summed E-state index contributed by atoms with van der Waals surface area (Å²) in [7, 11) is 1.40. The zero-order valence-corrected chi connectivity index (χ0v) is 15.3. The SMILES string of the molecule is C=CCOc1cccc([C@H]2NC(=S)N(C3CC3)C(C)=C2C(=O)OC)c1. The van der Waals surface area contributed by atoms with Crippen LogP contribution in [0.5, 0.6) is 5.75 Å². The summed E-state index contributed by atoms with van der Waals surface area (Å²) in [5, 5.41) is 3.95. The number of esters is 1. The number of nitrogens with one attached hydrogen (secondary N) is 1. The molecule has 1 aliphatic heterocycles. The van der Waals surface area contributed by atoms with E-state index >= 15 is 0 Å². The van der Waals surface area contributed by atoms with Crippen molar-refractivity contribution in [2.75, 3.05) is 13.7 Å². The Labute approximate surface area is 153 Å². The van der Waals surface area contributed by atoms with Gasteiger partial charge in [0.15, 0.2) is 5.11 Å². The summed E-state index contributed by atoms with van der Waals surface area (Å²) in [5.41, 5.74) is 2.35. The fourth-order valence-electron chi connectivity index (χ4n) is 3.09. The number of ether oxygens (including phenoxy) is 2. The van der Waals surface area contributed by atoms with Crippen molar-refractivity contribution in [2.45, 2.75) is 31.8 Å². The Bertz CT molecular complexity index is 740. The average molecular weight is 358 g/mol. The first kappa shape index (κ1) is 17.5. The second-order valence-corrected chi connectivity index (χ2v) is 6.53. The fraction of sp³-hybridized carbons (Fsp3) is 0.368. The van der Waals surface area contributed by atoms with Gasteiger partial charge in [-0.25, -0.2) is 4.79 Å². The first-order valence-corrected chi connectivity index (χ1v) is 8.70. The maximum atomic E-state index is 12.5. The van der Waals surface area contributed by atoms with Crippen molar-refractivity contribution in [1.82, 2.24) is 10.2 Å². The minimum absolute atomic E-state index is 0.347. The van der Waals surface area contributed by atoms with E-state index in [4.69, 9.17) is 21.7 Å². The summed E-state index contributed by atoms with van der Waals surface area (Å²) in [4.78, 5) is 14.5. The molecule has 1 aliphatic carbocycles. The van der Waals surface area contributed by atoms with Gasteiger partial charge in [0.2, 0.25) is 0 Å². The molecule has 1 atom stereocenters. The number of benzene rings is 1. The minimum Gasteiger partial charge on any atom is -0.490 e. The van der Waals surface area contributed by atoms with Gasteiger partial charge >= 0.3 is 5.97 Å². The summed E-state index contributed by atoms with van der Waals surface area (Å²) in [6, 6.07) is 7.65. The van der Waals surface area contributed by atoms with Gasteiger partial charge in [-0.2, -0.15) is 0 Å². The molecule has 1 N–H and O–H groups in total. The molecule has 0 bridgehead atoms. The fourth-order valence-corrected chi connectivity index (χ4v) is 3.50. The lowest BCUT2D eigenvalue weighted by atomic mass is 9.94. The quantitative estimate of drug-likeness (QED) is 0.479. The molecule has 1 saturated carbocycles. The number of allylic oxidation sites excluding steroid dienone is 1. The summed E-state index contributed by atoms with van der Waals surface area (Å²) >= 11 is 5.56. The Kier molecular flexibility index (Phi) is 5.08. The Morgan fingerprint density at radius 3 is 2.88 bits per heavy atom. The Balaban J connectivity index is 2.00. The second kappa shape index (κ2) is 7.27. The highest BCUT2D eigenvalue weighted by atomic mass is 32.1. The van der Waals surface area contributed by atoms with E-state index in [-0.39, 0.29) is 12.0 Å². The van der Waals surface area contributed by atoms with E-state index in [0.29, 0.717) is 23.3 Å². The van der Waals surface area contributed by atoms with Crippen molar-refractivity contribution in [2.24, 2.45) is 0 Å². The lowest BCUT2D eigenvalue weighted by molar-refractivity contribution is -0.136. The van der Waals surface area contributed by atoms with E-state index in [0.717, 1.165) is 29.9 Å². The summed E-state index contributed by atoms with van der Waals surface area (Å²) in [6.07, 6.45) is 3.87. The second-order valence-electron chi connectivity index (χ2n) is 6.15. The van der Waals surface area contributed by atoms with Crippen LogP contribution in [0.4, 0.5) is 0 Å². The Hall–Kier alpha value is -2.34. The van der Waals surface area contributed by atoms with Crippen LogP contribution in [0.2, 0.25) is 0 Å². The average Bonchev–Trinajstić information content (AvgIpc) is 3.44. The van der Waals surface area contributed by atoms with Gasteiger partial charge in [-0.05, 0) is 49.7 Å². The highest BCUT2D eigenvalue weighted by molar-refractivity contribution is 7.80. The predicted molar refractivity (Wildman–Crippen MR) is 100 cm³/mol. The van der Waals surface area contributed by atoms with E-state index in [1.54, 1.807) is 6.08 Å². The van der Waals surface area contributed by atoms with Gasteiger partial charge in [0.25, 0.3) is 0 Å². The molecule has 0 radical (unpaired) electrons. The topological polar surface area (TPSA) is 50.8 Å². The highest BCUT2D eigenvalue weighted by Crippen LogP contribution is 2.38. The molecule has 0 aromatic heterocycles. The molecule has 25 heavy (non-hydrogen) atoms. The Morgan fingerprint density at radius 1 is 1.48 bits per heavy atom. The third-order valence-corrected chi connectivity index (χ3v) is 4.72. The zero-order valence-electron chi connectivity index (χ0n) is 14.5. The lowest BCUT2D eigenvalue weighted by Gasteiger charge is -2.37. The van der Waals surface area contributed by atoms with Crippen molar-refractivity contribution in [1.29, 1.82) is 0 Å². The number of carbonyl (C=O) groups is 1. The van der Waals surface area contributed by atoms with Crippen molar-refractivity contribution in [3.05, 3.63) is 53.8 Å². The molecule has 0 spiro atoms. The van der Waals surface area contributed by atoms with E-state index in [1.807, 2.05) is 36.1 Å². The smallest absolute Gasteiger partial charge is 0.337 e. The molecule has 1 aromatic rings. The van der Waals surface area contributed by atoms with Crippen LogP contribution in [0, 0.1) is 0 Å². The zero-order chi connectivity index (χ0) is 18.0. The van der Waals surface area contributed by atoms with Crippen molar-refractivity contribution < 1.29 is 14.3 Å². The molecule has 6 heteroatoms. The maximum Gasteiger partial charge on any atom is 0.337 e. The van der Waals surface area contributed by atoms with Crippen LogP contribution in [0.3, 0.4) is 0 Å². The van der Waals surface area contributed by atoms with Crippen molar-refractivity contribution >= 4 is 23.3 Å². The molecule has 1 fully saturated rings. The molecule has 1 aromatic carbocycles. The molecular formula is C19H22N2O3S. The van der Waals surface area contributed by atoms with Gasteiger partial charge < -0.3 is 19.7 Å². The molecular weight excluding hydrogens is 336 g/mol. The molecule has 0 unspecified atom stereocenters. The first-order chi connectivity index (χ1) is 12.1. The molecule has 5 nitrogen and oxygen atoms in total. The van der Waals surface area contributed by atoms with Crippen molar-refractivity contribution in [3.63, 3.8) is 0 Å². The van der Waals surface area contributed by atoms with Gasteiger partial charge in [-0.3, -0.25) is 0 Å². The standard InChI is InChI=1S/C19H22N2O3S/c1-4-10-24-15-7-5-6-13(11-15)17-16(18(22)23-3)12(2)21(14-8-9-14)19(25)20-17/h4-7,11,14,17H,1,8-10H2,2-3H3,(H,20,25)/t17-/m1/s1. The van der Waals surface area contributed by atoms with Crippen molar-refractivity contribution in [3.8, 4) is 5.75 Å². The highest BCUT2D eigenvalue weighted by Gasteiger charge is 2.40. The van der Waals surface area contributed by atoms with Gasteiger partial charge in [0, 0.05) is 11.7 Å². The number of thiocarbonyl (C=S) groups is 1. The lowest BCUT2D eigenvalue weighted by Crippen LogP contribution is -2.48. The number of hydrogen-bond donors (Lipinski definition) is 1. The normalized spacial score (nSPS) is 20.2. The largest absolute Gasteiger partial charge is 0.490 e. The van der Waals surface area contributed by atoms with Crippen LogP contribution >= 0.6 is 12.2 Å². The molecule has 2 aliphatic rings. The number of carbonyl (C=O) groups excluding carboxylic acids is 1. The summed E-state index contributed by atoms with van der Waals surface area (Å²) < 4.78 is 10.6. The number of methoxy groups -OCH3 is 1. The van der Waals surface area contributed by atoms with E-state index in [9.17, 15) is 4.79 Å². The Morgan fingerprint density at radius 2 is 2.24 bits per heavy atom. The number of nitrogens with zero attached hydrogens (tertiary/aromatic N) is 1. The van der Waals surface area contributed by atoms with Gasteiger partial charge in [-0.15, -0.1) is 0 Å². The van der Waals surface area contributed by atoms with E-state index < -0.39 is 0 Å². The third kappa shape index (κ3) is 3.54. The van der Waals surface area contributed by atoms with Crippen LogP contribution in [0.1, 0.15) is 31.4 Å². The number of rotatable bonds is 6. The predicted octanol–water partition coefficient (Wildman–Crippen LogP) is 3.09. The summed E-state index contributed by atoms with van der Waals surface area (Å²) in [5.74, 6) is 0.372. The minimum atomic E-state index is -0.359. The van der Waals surface area contributed by atoms with Gasteiger partial charge in [0.1, 0.15) is 12.4 Å². The molecule has 1 heterocycles. The first-order valence-electron chi connectivity index (χ1n) is 8.29. The maximum absolute atomic E-state index is 12.5. The van der Waals surface area contributed by atoms with E-state index in [2.05, 4.69) is 11.9 Å². The van der Waals surface area contributed by atoms with Crippen LogP contribution in [-0.2, 0) is 9.53 Å².